The predicted octanol–water partition coefficient (Wildman–Crippen LogP) is 1.90. The van der Waals surface area contributed by atoms with Crippen LogP contribution in [0.2, 0.25) is 5.02 Å². The van der Waals surface area contributed by atoms with Gasteiger partial charge in [-0.25, -0.2) is 4.98 Å². The van der Waals surface area contributed by atoms with Gasteiger partial charge in [0.2, 0.25) is 5.95 Å². The van der Waals surface area contributed by atoms with Gasteiger partial charge in [0, 0.05) is 35.7 Å². The standard InChI is InChI=1S/C26H31B3ClFN8/c1-24(2,3)26(28,29)36-22-14(10-32)11-34-23-18(22)8-16(9-19(23)30)35-25(27,15-4-7-21(31)33-12-15)20-13-39(38-37-20)17-5-6-17/h4,7-9,11-13,17,35,37-38H,5-6,27-29H2,1-3H3,(H,34,36). The molecule has 8 nitrogen and oxygen atoms in total. The second-order valence-corrected chi connectivity index (χ2v) is 12.5. The van der Waals surface area contributed by atoms with Crippen LogP contribution in [-0.2, 0) is 5.44 Å². The summed E-state index contributed by atoms with van der Waals surface area (Å²) in [7, 11) is 6.22. The molecule has 1 atom stereocenters. The summed E-state index contributed by atoms with van der Waals surface area (Å²) in [5, 5.41) is 20.1. The lowest BCUT2D eigenvalue weighted by Gasteiger charge is -2.41. The van der Waals surface area contributed by atoms with Crippen molar-refractivity contribution in [2.45, 2.75) is 50.4 Å². The van der Waals surface area contributed by atoms with Crippen LogP contribution in [0.4, 0.5) is 15.8 Å². The zero-order valence-corrected chi connectivity index (χ0v) is 23.8. The van der Waals surface area contributed by atoms with E-state index in [-0.39, 0.29) is 10.8 Å². The Balaban J connectivity index is 1.63. The van der Waals surface area contributed by atoms with E-state index in [0.29, 0.717) is 33.5 Å². The quantitative estimate of drug-likeness (QED) is 0.266. The summed E-state index contributed by atoms with van der Waals surface area (Å²) in [6.07, 6.45) is 7.36. The Kier molecular flexibility index (Phi) is 6.72. The number of nitrogens with zero attached hydrogens (tertiary/aromatic N) is 4. The molecule has 0 radical (unpaired) electrons. The van der Waals surface area contributed by atoms with Crippen molar-refractivity contribution >= 4 is 57.4 Å². The molecule has 1 saturated carbocycles. The van der Waals surface area contributed by atoms with E-state index in [4.69, 9.17) is 11.6 Å². The SMILES string of the molecule is BC(Nc1cc(Cl)c2ncc(C#N)c(NC(B)(B)C(C)(C)C)c2c1)(C1=CN(C2CC2)NN1)c1ccc(F)nc1. The number of hydrazine groups is 2. The fourth-order valence-corrected chi connectivity index (χ4v) is 4.71. The van der Waals surface area contributed by atoms with E-state index >= 15 is 0 Å². The molecule has 1 aliphatic carbocycles. The van der Waals surface area contributed by atoms with E-state index in [1.165, 1.54) is 12.3 Å². The summed E-state index contributed by atoms with van der Waals surface area (Å²) in [5.74, 6) is -0.548. The molecule has 39 heavy (non-hydrogen) atoms. The van der Waals surface area contributed by atoms with Crippen molar-refractivity contribution in [2.24, 2.45) is 5.41 Å². The second-order valence-electron chi connectivity index (χ2n) is 12.1. The number of anilines is 2. The number of pyridine rings is 2. The van der Waals surface area contributed by atoms with Gasteiger partial charge in [-0.2, -0.15) is 9.65 Å². The van der Waals surface area contributed by atoms with E-state index in [2.05, 4.69) is 79.1 Å². The van der Waals surface area contributed by atoms with Crippen LogP contribution in [0.1, 0.15) is 44.7 Å². The molecule has 0 spiro atoms. The average Bonchev–Trinajstić information content (AvgIpc) is 3.59. The molecule has 1 aliphatic heterocycles. The van der Waals surface area contributed by atoms with Gasteiger partial charge < -0.3 is 16.1 Å². The van der Waals surface area contributed by atoms with Crippen molar-refractivity contribution in [2.75, 3.05) is 10.6 Å². The summed E-state index contributed by atoms with van der Waals surface area (Å²) in [6, 6.07) is 9.56. The highest BCUT2D eigenvalue weighted by molar-refractivity contribution is 6.42. The number of rotatable bonds is 7. The Morgan fingerprint density at radius 3 is 2.49 bits per heavy atom. The van der Waals surface area contributed by atoms with Crippen molar-refractivity contribution in [3.63, 3.8) is 0 Å². The van der Waals surface area contributed by atoms with Crippen LogP contribution in [0.15, 0.2) is 48.6 Å². The van der Waals surface area contributed by atoms with Crippen LogP contribution in [0, 0.1) is 22.7 Å². The minimum atomic E-state index is -0.827. The van der Waals surface area contributed by atoms with Crippen LogP contribution in [0.3, 0.4) is 0 Å². The fourth-order valence-electron chi connectivity index (χ4n) is 4.44. The first-order valence-electron chi connectivity index (χ1n) is 13.1. The molecule has 3 aromatic rings. The number of benzene rings is 1. The second kappa shape index (κ2) is 9.65. The summed E-state index contributed by atoms with van der Waals surface area (Å²) < 4.78 is 13.8. The monoisotopic (exact) mass is 542 g/mol. The summed E-state index contributed by atoms with van der Waals surface area (Å²) in [6.45, 7) is 6.45. The van der Waals surface area contributed by atoms with Gasteiger partial charge in [-0.05, 0) is 47.4 Å². The highest BCUT2D eigenvalue weighted by atomic mass is 35.5. The molecule has 1 aromatic carbocycles. The minimum Gasteiger partial charge on any atom is -0.393 e. The molecule has 5 rings (SSSR count). The maximum absolute atomic E-state index is 13.8. The van der Waals surface area contributed by atoms with E-state index in [1.54, 1.807) is 12.3 Å². The number of hydrogen-bond acceptors (Lipinski definition) is 8. The van der Waals surface area contributed by atoms with Crippen LogP contribution in [0.25, 0.3) is 10.9 Å². The third-order valence-corrected chi connectivity index (χ3v) is 8.41. The number of nitrogens with one attached hydrogen (secondary N) is 4. The van der Waals surface area contributed by atoms with Gasteiger partial charge in [-0.3, -0.25) is 9.99 Å². The molecular formula is C26H31B3ClFN8. The number of halogens is 2. The topological polar surface area (TPSA) is 101 Å². The molecule has 198 valence electrons. The van der Waals surface area contributed by atoms with Crippen molar-refractivity contribution in [3.05, 3.63) is 70.7 Å². The molecule has 3 heterocycles. The average molecular weight is 542 g/mol. The van der Waals surface area contributed by atoms with E-state index in [9.17, 15) is 9.65 Å². The number of aromatic nitrogens is 2. The van der Waals surface area contributed by atoms with E-state index < -0.39 is 11.4 Å². The normalized spacial score (nSPS) is 17.2. The van der Waals surface area contributed by atoms with E-state index in [0.717, 1.165) is 29.5 Å². The van der Waals surface area contributed by atoms with Gasteiger partial charge in [0.1, 0.15) is 29.6 Å². The van der Waals surface area contributed by atoms with Gasteiger partial charge in [-0.15, -0.1) is 5.53 Å². The Labute approximate surface area is 236 Å². The number of fused-ring (bicyclic) bond motifs is 1. The third kappa shape index (κ3) is 5.13. The molecule has 13 heteroatoms. The Bertz CT molecular complexity index is 1500. The van der Waals surface area contributed by atoms with Crippen molar-refractivity contribution in [1.29, 1.82) is 5.26 Å². The minimum absolute atomic E-state index is 0.107. The lowest BCUT2D eigenvalue weighted by Crippen LogP contribution is -2.51. The fraction of sp³-hybridized carbons (Fsp3) is 0.346. The largest absolute Gasteiger partial charge is 0.393 e. The molecule has 2 aromatic heterocycles. The lowest BCUT2D eigenvalue weighted by atomic mass is 9.49. The molecule has 0 saturated heterocycles. The van der Waals surface area contributed by atoms with Crippen molar-refractivity contribution < 1.29 is 4.39 Å². The molecule has 0 bridgehead atoms. The molecule has 4 N–H and O–H groups in total. The molecular weight excluding hydrogens is 511 g/mol. The van der Waals surface area contributed by atoms with Crippen LogP contribution in [-0.4, -0.2) is 49.9 Å². The van der Waals surface area contributed by atoms with Crippen LogP contribution in [0.5, 0.6) is 0 Å². The zero-order chi connectivity index (χ0) is 28.2. The highest BCUT2D eigenvalue weighted by Crippen LogP contribution is 2.39. The summed E-state index contributed by atoms with van der Waals surface area (Å²) in [4.78, 5) is 8.42. The predicted molar refractivity (Wildman–Crippen MR) is 162 cm³/mol. The van der Waals surface area contributed by atoms with Gasteiger partial charge in [0.05, 0.1) is 32.9 Å². The van der Waals surface area contributed by atoms with Gasteiger partial charge in [-0.1, -0.05) is 38.4 Å². The lowest BCUT2D eigenvalue weighted by molar-refractivity contribution is 0.260. The molecule has 1 fully saturated rings. The smallest absolute Gasteiger partial charge is 0.212 e. The molecule has 0 amide bonds. The highest BCUT2D eigenvalue weighted by Gasteiger charge is 2.38. The van der Waals surface area contributed by atoms with Crippen LogP contribution < -0.4 is 21.6 Å². The maximum atomic E-state index is 13.8. The Morgan fingerprint density at radius 2 is 1.87 bits per heavy atom. The van der Waals surface area contributed by atoms with Gasteiger partial charge in [0.15, 0.2) is 0 Å². The maximum Gasteiger partial charge on any atom is 0.212 e. The number of nitriles is 1. The Morgan fingerprint density at radius 1 is 1.13 bits per heavy atom. The summed E-state index contributed by atoms with van der Waals surface area (Å²) in [5.41, 5.74) is 9.59. The third-order valence-electron chi connectivity index (χ3n) is 8.12. The van der Waals surface area contributed by atoms with Crippen molar-refractivity contribution in [1.82, 2.24) is 25.9 Å². The first-order chi connectivity index (χ1) is 18.3. The summed E-state index contributed by atoms with van der Waals surface area (Å²) >= 11 is 6.79. The number of hydrogen-bond donors (Lipinski definition) is 4. The molecule has 1 unspecified atom stereocenters. The molecule has 2 aliphatic rings. The first-order valence-corrected chi connectivity index (χ1v) is 13.4. The van der Waals surface area contributed by atoms with Gasteiger partial charge in [0.25, 0.3) is 0 Å². The van der Waals surface area contributed by atoms with E-state index in [1.807, 2.05) is 26.2 Å². The van der Waals surface area contributed by atoms with Crippen LogP contribution >= 0.6 is 11.6 Å². The van der Waals surface area contributed by atoms with Crippen molar-refractivity contribution in [3.8, 4) is 6.07 Å². The Hall–Kier alpha value is -3.42. The van der Waals surface area contributed by atoms with Gasteiger partial charge >= 0.3 is 0 Å². The zero-order valence-electron chi connectivity index (χ0n) is 23.1. The first kappa shape index (κ1) is 27.2.